The number of hydrogen-bond donors (Lipinski definition) is 1. The van der Waals surface area contributed by atoms with Gasteiger partial charge in [-0.25, -0.2) is 8.42 Å². The monoisotopic (exact) mass is 369 g/mol. The molecule has 1 aliphatic heterocycles. The Morgan fingerprint density at radius 3 is 2.67 bits per heavy atom. The van der Waals surface area contributed by atoms with Crippen LogP contribution >= 0.6 is 15.9 Å². The maximum atomic E-state index is 12.3. The lowest BCUT2D eigenvalue weighted by Crippen LogP contribution is -2.25. The molecule has 0 bridgehead atoms. The number of rotatable bonds is 4. The van der Waals surface area contributed by atoms with E-state index in [1.165, 1.54) is 0 Å². The second-order valence-corrected chi connectivity index (χ2v) is 7.78. The van der Waals surface area contributed by atoms with Crippen molar-refractivity contribution in [3.05, 3.63) is 40.9 Å². The molecular formula is C15H16BrNO3S. The fourth-order valence-corrected chi connectivity index (χ4v) is 4.41. The van der Waals surface area contributed by atoms with E-state index in [1.807, 2.05) is 30.3 Å². The van der Waals surface area contributed by atoms with E-state index in [1.54, 1.807) is 6.07 Å². The number of ether oxygens (including phenoxy) is 1. The Hall–Kier alpha value is -1.11. The molecule has 6 heteroatoms. The van der Waals surface area contributed by atoms with E-state index in [9.17, 15) is 8.42 Å². The minimum atomic E-state index is -3.41. The lowest BCUT2D eigenvalue weighted by Gasteiger charge is -2.14. The van der Waals surface area contributed by atoms with Crippen molar-refractivity contribution in [1.82, 2.24) is 0 Å². The van der Waals surface area contributed by atoms with E-state index < -0.39 is 10.0 Å². The van der Waals surface area contributed by atoms with E-state index in [2.05, 4.69) is 20.7 Å². The second kappa shape index (κ2) is 5.94. The van der Waals surface area contributed by atoms with E-state index in [0.29, 0.717) is 12.3 Å². The normalized spacial score (nSPS) is 19.0. The number of sulfonamides is 1. The molecule has 4 nitrogen and oxygen atoms in total. The van der Waals surface area contributed by atoms with E-state index in [-0.39, 0.29) is 11.9 Å². The molecule has 0 spiro atoms. The summed E-state index contributed by atoms with van der Waals surface area (Å²) in [6, 6.07) is 11.3. The van der Waals surface area contributed by atoms with Gasteiger partial charge in [0.15, 0.2) is 0 Å². The fourth-order valence-electron chi connectivity index (χ4n) is 2.58. The van der Waals surface area contributed by atoms with E-state index >= 15 is 0 Å². The highest BCUT2D eigenvalue weighted by Crippen LogP contribution is 2.30. The topological polar surface area (TPSA) is 55.4 Å². The first-order valence-electron chi connectivity index (χ1n) is 6.84. The SMILES string of the molecule is O=S(=O)(CC1CCCO1)Nc1ccc(Br)c2ccccc12. The Morgan fingerprint density at radius 1 is 1.19 bits per heavy atom. The van der Waals surface area contributed by atoms with Gasteiger partial charge in [0, 0.05) is 16.5 Å². The van der Waals surface area contributed by atoms with Crippen LogP contribution < -0.4 is 4.72 Å². The summed E-state index contributed by atoms with van der Waals surface area (Å²) >= 11 is 3.48. The molecule has 0 saturated carbocycles. The van der Waals surface area contributed by atoms with Crippen LogP contribution in [0.2, 0.25) is 0 Å². The number of halogens is 1. The molecule has 0 radical (unpaired) electrons. The average Bonchev–Trinajstić information content (AvgIpc) is 2.94. The number of fused-ring (bicyclic) bond motifs is 1. The summed E-state index contributed by atoms with van der Waals surface area (Å²) in [6.45, 7) is 0.654. The number of nitrogens with one attached hydrogen (secondary N) is 1. The van der Waals surface area contributed by atoms with Gasteiger partial charge < -0.3 is 4.74 Å². The quantitative estimate of drug-likeness (QED) is 0.896. The Balaban J connectivity index is 1.89. The van der Waals surface area contributed by atoms with Crippen LogP contribution in [0, 0.1) is 0 Å². The maximum absolute atomic E-state index is 12.3. The lowest BCUT2D eigenvalue weighted by atomic mass is 10.1. The largest absolute Gasteiger partial charge is 0.377 e. The third kappa shape index (κ3) is 3.39. The zero-order valence-corrected chi connectivity index (χ0v) is 13.8. The molecule has 21 heavy (non-hydrogen) atoms. The smallest absolute Gasteiger partial charge is 0.235 e. The van der Waals surface area contributed by atoms with Crippen LogP contribution in [0.25, 0.3) is 10.8 Å². The molecule has 1 heterocycles. The molecule has 0 amide bonds. The zero-order valence-electron chi connectivity index (χ0n) is 11.4. The first-order chi connectivity index (χ1) is 10.1. The van der Waals surface area contributed by atoms with Gasteiger partial charge in [-0.3, -0.25) is 4.72 Å². The average molecular weight is 370 g/mol. The molecule has 0 aliphatic carbocycles. The minimum absolute atomic E-state index is 0.0113. The van der Waals surface area contributed by atoms with Gasteiger partial charge in [0.1, 0.15) is 0 Å². The van der Waals surface area contributed by atoms with Gasteiger partial charge in [0.2, 0.25) is 10.0 Å². The minimum Gasteiger partial charge on any atom is -0.377 e. The molecule has 1 N–H and O–H groups in total. The van der Waals surface area contributed by atoms with Gasteiger partial charge in [-0.05, 0) is 30.4 Å². The van der Waals surface area contributed by atoms with Crippen LogP contribution in [0.4, 0.5) is 5.69 Å². The van der Waals surface area contributed by atoms with Gasteiger partial charge >= 0.3 is 0 Å². The highest BCUT2D eigenvalue weighted by atomic mass is 79.9. The van der Waals surface area contributed by atoms with Crippen LogP contribution in [0.5, 0.6) is 0 Å². The van der Waals surface area contributed by atoms with E-state index in [0.717, 1.165) is 28.1 Å². The maximum Gasteiger partial charge on any atom is 0.235 e. The molecule has 1 atom stereocenters. The number of benzene rings is 2. The second-order valence-electron chi connectivity index (χ2n) is 5.16. The zero-order chi connectivity index (χ0) is 14.9. The molecule has 1 aliphatic rings. The predicted molar refractivity (Wildman–Crippen MR) is 88.0 cm³/mol. The summed E-state index contributed by atoms with van der Waals surface area (Å²) in [5.41, 5.74) is 0.604. The van der Waals surface area contributed by atoms with Crippen LogP contribution in [0.15, 0.2) is 40.9 Å². The first-order valence-corrected chi connectivity index (χ1v) is 9.29. The Labute approximate surface area is 132 Å². The standard InChI is InChI=1S/C15H16BrNO3S/c16-14-7-8-15(13-6-2-1-5-12(13)14)17-21(18,19)10-11-4-3-9-20-11/h1-2,5-8,11,17H,3-4,9-10H2. The van der Waals surface area contributed by atoms with Crippen molar-refractivity contribution in [1.29, 1.82) is 0 Å². The third-order valence-electron chi connectivity index (χ3n) is 3.57. The van der Waals surface area contributed by atoms with Gasteiger partial charge in [-0.1, -0.05) is 40.2 Å². The van der Waals surface area contributed by atoms with Crippen LogP contribution in [-0.4, -0.2) is 26.9 Å². The summed E-state index contributed by atoms with van der Waals surface area (Å²) in [7, 11) is -3.41. The Kier molecular flexibility index (Phi) is 4.19. The highest BCUT2D eigenvalue weighted by molar-refractivity contribution is 9.10. The van der Waals surface area contributed by atoms with Crippen LogP contribution in [0.3, 0.4) is 0 Å². The number of hydrogen-bond acceptors (Lipinski definition) is 3. The molecule has 3 rings (SSSR count). The molecule has 1 unspecified atom stereocenters. The number of anilines is 1. The van der Waals surface area contributed by atoms with Crippen molar-refractivity contribution < 1.29 is 13.2 Å². The summed E-state index contributed by atoms with van der Waals surface area (Å²) in [5.74, 6) is 0.0113. The van der Waals surface area contributed by atoms with Gasteiger partial charge in [-0.15, -0.1) is 0 Å². The van der Waals surface area contributed by atoms with Crippen molar-refractivity contribution >= 4 is 42.4 Å². The van der Waals surface area contributed by atoms with Crippen molar-refractivity contribution in [3.8, 4) is 0 Å². The summed E-state index contributed by atoms with van der Waals surface area (Å²) in [5, 5.41) is 1.86. The third-order valence-corrected chi connectivity index (χ3v) is 5.60. The van der Waals surface area contributed by atoms with Crippen molar-refractivity contribution in [2.24, 2.45) is 0 Å². The summed E-state index contributed by atoms with van der Waals surface area (Å²) < 4.78 is 33.6. The predicted octanol–water partition coefficient (Wildman–Crippen LogP) is 3.52. The fraction of sp³-hybridized carbons (Fsp3) is 0.333. The van der Waals surface area contributed by atoms with Gasteiger partial charge in [0.25, 0.3) is 0 Å². The lowest BCUT2D eigenvalue weighted by molar-refractivity contribution is 0.127. The molecule has 2 aromatic rings. The molecule has 1 fully saturated rings. The van der Waals surface area contributed by atoms with Crippen LogP contribution in [-0.2, 0) is 14.8 Å². The Bertz CT molecular complexity index is 755. The van der Waals surface area contributed by atoms with Crippen molar-refractivity contribution in [3.63, 3.8) is 0 Å². The Morgan fingerprint density at radius 2 is 1.95 bits per heavy atom. The molecule has 1 saturated heterocycles. The van der Waals surface area contributed by atoms with Gasteiger partial charge in [0.05, 0.1) is 17.5 Å². The molecule has 112 valence electrons. The van der Waals surface area contributed by atoms with Gasteiger partial charge in [-0.2, -0.15) is 0 Å². The summed E-state index contributed by atoms with van der Waals surface area (Å²) in [4.78, 5) is 0. The highest BCUT2D eigenvalue weighted by Gasteiger charge is 2.23. The van der Waals surface area contributed by atoms with Crippen LogP contribution in [0.1, 0.15) is 12.8 Å². The molecule has 0 aromatic heterocycles. The summed E-state index contributed by atoms with van der Waals surface area (Å²) in [6.07, 6.45) is 1.55. The van der Waals surface area contributed by atoms with Crippen molar-refractivity contribution in [2.45, 2.75) is 18.9 Å². The van der Waals surface area contributed by atoms with Crippen molar-refractivity contribution in [2.75, 3.05) is 17.1 Å². The molecular weight excluding hydrogens is 354 g/mol. The molecule has 2 aromatic carbocycles. The van der Waals surface area contributed by atoms with E-state index in [4.69, 9.17) is 4.74 Å². The first kappa shape index (κ1) is 14.8.